The number of rotatable bonds is 0. The average Bonchev–Trinajstić information content (AvgIpc) is 2.70. The van der Waals surface area contributed by atoms with E-state index in [1.54, 1.807) is 0 Å². The molecular formula is C12H15NO12. The Morgan fingerprint density at radius 3 is 1.68 bits per heavy atom. The van der Waals surface area contributed by atoms with Crippen LogP contribution in [0, 0.1) is 0 Å². The van der Waals surface area contributed by atoms with E-state index >= 15 is 0 Å². The van der Waals surface area contributed by atoms with Crippen LogP contribution in [0.5, 0.6) is 0 Å². The van der Waals surface area contributed by atoms with Gasteiger partial charge in [-0.2, -0.15) is 0 Å². The molecule has 3 aliphatic rings. The van der Waals surface area contributed by atoms with Gasteiger partial charge in [-0.15, -0.1) is 0 Å². The molecule has 0 saturated heterocycles. The highest BCUT2D eigenvalue weighted by atomic mass is 16.7. The molecule has 2 unspecified atom stereocenters. The third-order valence-electron chi connectivity index (χ3n) is 4.88. The molecule has 2 aliphatic carbocycles. The van der Waals surface area contributed by atoms with E-state index in [4.69, 9.17) is 0 Å². The second kappa shape index (κ2) is 4.15. The van der Waals surface area contributed by atoms with Crippen molar-refractivity contribution in [3.63, 3.8) is 0 Å². The van der Waals surface area contributed by atoms with Crippen LogP contribution in [0.15, 0.2) is 28.9 Å². The molecule has 0 amide bonds. The summed E-state index contributed by atoms with van der Waals surface area (Å²) >= 11 is 0. The lowest BCUT2D eigenvalue weighted by Crippen LogP contribution is -2.94. The van der Waals surface area contributed by atoms with Crippen molar-refractivity contribution in [2.24, 2.45) is 4.99 Å². The molecule has 2 atom stereocenters. The van der Waals surface area contributed by atoms with Crippen LogP contribution < -0.4 is 0 Å². The second-order valence-electron chi connectivity index (χ2n) is 6.21. The molecule has 1 saturated carbocycles. The Bertz CT molecular complexity index is 747. The first-order valence-electron chi connectivity index (χ1n) is 6.62. The van der Waals surface area contributed by atoms with Gasteiger partial charge in [0.15, 0.2) is 0 Å². The Morgan fingerprint density at radius 1 is 0.640 bits per heavy atom. The predicted molar refractivity (Wildman–Crippen MR) is 70.4 cm³/mol. The number of nitrogens with zero attached hydrogens (tertiary/aromatic N) is 1. The van der Waals surface area contributed by atoms with Gasteiger partial charge in [-0.1, -0.05) is 6.08 Å². The third kappa shape index (κ3) is 1.45. The van der Waals surface area contributed by atoms with Crippen molar-refractivity contribution in [1.29, 1.82) is 0 Å². The first-order valence-corrected chi connectivity index (χ1v) is 6.62. The molecular weight excluding hydrogens is 350 g/mol. The van der Waals surface area contributed by atoms with E-state index in [1.165, 1.54) is 0 Å². The number of hydrogen-bond acceptors (Lipinski definition) is 13. The number of fused-ring (bicyclic) bond motifs is 3. The molecule has 3 rings (SSSR count). The van der Waals surface area contributed by atoms with E-state index < -0.39 is 51.5 Å². The summed E-state index contributed by atoms with van der Waals surface area (Å²) < 4.78 is 0. The molecule has 0 aromatic carbocycles. The van der Waals surface area contributed by atoms with Crippen LogP contribution in [-0.4, -0.2) is 107 Å². The lowest BCUT2D eigenvalue weighted by Gasteiger charge is -2.60. The minimum Gasteiger partial charge on any atom is -0.375 e. The zero-order valence-corrected chi connectivity index (χ0v) is 12.0. The maximum atomic E-state index is 10.7. The van der Waals surface area contributed by atoms with Crippen LogP contribution in [0.1, 0.15) is 0 Å². The van der Waals surface area contributed by atoms with Gasteiger partial charge in [0.2, 0.25) is 17.0 Å². The topological polar surface area (TPSA) is 255 Å². The van der Waals surface area contributed by atoms with Crippen LogP contribution in [0.25, 0.3) is 0 Å². The SMILES string of the molecule is OC1(O)C=CC=C2N=C3C(O)(O)C(O)(O)C(O)(O)C(O)(O)C3(O)C21O. The molecule has 0 radical (unpaired) electrons. The minimum atomic E-state index is -4.75. The van der Waals surface area contributed by atoms with Crippen molar-refractivity contribution in [3.8, 4) is 0 Å². The van der Waals surface area contributed by atoms with Gasteiger partial charge in [0.25, 0.3) is 23.1 Å². The number of aliphatic hydroxyl groups is 12. The lowest BCUT2D eigenvalue weighted by molar-refractivity contribution is -0.532. The molecule has 1 aliphatic heterocycles. The summed E-state index contributed by atoms with van der Waals surface area (Å²) in [6, 6.07) is 0. The Labute approximate surface area is 137 Å². The van der Waals surface area contributed by atoms with Crippen molar-refractivity contribution < 1.29 is 61.3 Å². The second-order valence-corrected chi connectivity index (χ2v) is 6.21. The average molecular weight is 365 g/mol. The highest BCUT2D eigenvalue weighted by molar-refractivity contribution is 6.06. The largest absolute Gasteiger partial charge is 0.375 e. The molecule has 0 bridgehead atoms. The summed E-state index contributed by atoms with van der Waals surface area (Å²) in [4.78, 5) is 3.23. The van der Waals surface area contributed by atoms with Crippen LogP contribution in [0.3, 0.4) is 0 Å². The Morgan fingerprint density at radius 2 is 1.16 bits per heavy atom. The minimum absolute atomic E-state index is 0.426. The molecule has 13 nitrogen and oxygen atoms in total. The monoisotopic (exact) mass is 365 g/mol. The van der Waals surface area contributed by atoms with Crippen molar-refractivity contribution in [2.75, 3.05) is 0 Å². The molecule has 0 aromatic rings. The Kier molecular flexibility index (Phi) is 3.06. The fraction of sp³-hybridized carbons (Fsp3) is 0.583. The van der Waals surface area contributed by atoms with E-state index in [9.17, 15) is 61.3 Å². The quantitative estimate of drug-likeness (QED) is 0.179. The zero-order valence-electron chi connectivity index (χ0n) is 12.0. The van der Waals surface area contributed by atoms with E-state index in [1.807, 2.05) is 0 Å². The van der Waals surface area contributed by atoms with Crippen molar-refractivity contribution in [2.45, 2.75) is 40.1 Å². The van der Waals surface area contributed by atoms with E-state index in [0.717, 1.165) is 12.2 Å². The fourth-order valence-electron chi connectivity index (χ4n) is 3.30. The van der Waals surface area contributed by atoms with E-state index in [2.05, 4.69) is 4.99 Å². The maximum absolute atomic E-state index is 10.7. The molecule has 12 N–H and O–H groups in total. The van der Waals surface area contributed by atoms with E-state index in [-0.39, 0.29) is 0 Å². The highest BCUT2D eigenvalue weighted by Crippen LogP contribution is 2.59. The summed E-state index contributed by atoms with van der Waals surface area (Å²) in [5.74, 6) is -21.8. The molecule has 13 heteroatoms. The van der Waals surface area contributed by atoms with Gasteiger partial charge in [-0.05, 0) is 12.2 Å². The van der Waals surface area contributed by atoms with Gasteiger partial charge in [-0.3, -0.25) is 0 Å². The zero-order chi connectivity index (χ0) is 19.5. The molecule has 140 valence electrons. The fourth-order valence-corrected chi connectivity index (χ4v) is 3.30. The summed E-state index contributed by atoms with van der Waals surface area (Å²) in [6.07, 6.45) is 2.07. The summed E-state index contributed by atoms with van der Waals surface area (Å²) in [5.41, 5.74) is -10.6. The number of allylic oxidation sites excluding steroid dienone is 2. The highest BCUT2D eigenvalue weighted by Gasteiger charge is 2.92. The number of aliphatic imine (C=N–C) groups is 1. The molecule has 0 aromatic heterocycles. The molecule has 1 fully saturated rings. The first-order chi connectivity index (χ1) is 10.9. The molecule has 0 spiro atoms. The first kappa shape index (κ1) is 18.5. The van der Waals surface area contributed by atoms with Crippen molar-refractivity contribution >= 4 is 5.71 Å². The lowest BCUT2D eigenvalue weighted by atomic mass is 9.58. The van der Waals surface area contributed by atoms with Gasteiger partial charge in [0, 0.05) is 0 Å². The van der Waals surface area contributed by atoms with Gasteiger partial charge in [-0.25, -0.2) is 4.99 Å². The summed E-state index contributed by atoms with van der Waals surface area (Å²) in [5, 5.41) is 120. The predicted octanol–water partition coefficient (Wildman–Crippen LogP) is -7.22. The Balaban J connectivity index is 2.46. The van der Waals surface area contributed by atoms with Gasteiger partial charge in [0.1, 0.15) is 5.71 Å². The Hall–Kier alpha value is -1.33. The summed E-state index contributed by atoms with van der Waals surface area (Å²) in [7, 11) is 0. The van der Waals surface area contributed by atoms with Crippen LogP contribution in [0.4, 0.5) is 0 Å². The smallest absolute Gasteiger partial charge is 0.286 e. The van der Waals surface area contributed by atoms with Crippen LogP contribution >= 0.6 is 0 Å². The summed E-state index contributed by atoms with van der Waals surface area (Å²) in [6.45, 7) is 0. The molecule has 1 heterocycles. The standard InChI is InChI=1S/C12H15NO12/c14-6(15)3-1-2-4-7(6,16)8(17)5(13-4)9(18,19)11(22,23)12(24,25)10(8,20)21/h1-3,14-25H. The molecule has 25 heavy (non-hydrogen) atoms. The normalized spacial score (nSPS) is 41.4. The number of hydrogen-bond donors (Lipinski definition) is 12. The van der Waals surface area contributed by atoms with Crippen LogP contribution in [-0.2, 0) is 0 Å². The maximum Gasteiger partial charge on any atom is 0.286 e. The van der Waals surface area contributed by atoms with Crippen LogP contribution in [0.2, 0.25) is 0 Å². The van der Waals surface area contributed by atoms with Gasteiger partial charge in [0.05, 0.1) is 5.70 Å². The van der Waals surface area contributed by atoms with Gasteiger partial charge >= 0.3 is 0 Å². The van der Waals surface area contributed by atoms with Crippen molar-refractivity contribution in [1.82, 2.24) is 0 Å². The van der Waals surface area contributed by atoms with Gasteiger partial charge < -0.3 is 61.3 Å². The third-order valence-corrected chi connectivity index (χ3v) is 4.88. The van der Waals surface area contributed by atoms with Crippen molar-refractivity contribution in [3.05, 3.63) is 23.9 Å². The van der Waals surface area contributed by atoms with E-state index in [0.29, 0.717) is 6.08 Å².